The molecule has 2 saturated carbocycles. The number of hydrogen-bond donors (Lipinski definition) is 4. The van der Waals surface area contributed by atoms with Crippen molar-refractivity contribution in [2.75, 3.05) is 107 Å². The van der Waals surface area contributed by atoms with E-state index in [0.717, 1.165) is 108 Å². The maximum absolute atomic E-state index is 15.8. The molecule has 0 bridgehead atoms. The van der Waals surface area contributed by atoms with E-state index in [-0.39, 0.29) is 91.4 Å². The molecule has 7 heterocycles. The van der Waals surface area contributed by atoms with Crippen molar-refractivity contribution in [1.29, 1.82) is 0 Å². The van der Waals surface area contributed by atoms with Gasteiger partial charge in [-0.15, -0.1) is 11.3 Å². The molecule has 4 amide bonds. The lowest BCUT2D eigenvalue weighted by Gasteiger charge is -2.48. The maximum atomic E-state index is 15.8. The highest BCUT2D eigenvalue weighted by atomic mass is 32.1. The van der Waals surface area contributed by atoms with Gasteiger partial charge in [0.2, 0.25) is 29.4 Å². The fourth-order valence-corrected chi connectivity index (χ4v) is 15.0. The second-order valence-corrected chi connectivity index (χ2v) is 26.3. The van der Waals surface area contributed by atoms with Crippen LogP contribution in [0.2, 0.25) is 0 Å². The van der Waals surface area contributed by atoms with E-state index < -0.39 is 23.2 Å². The van der Waals surface area contributed by atoms with Crippen molar-refractivity contribution in [2.45, 2.75) is 128 Å². The number of benzene rings is 2. The van der Waals surface area contributed by atoms with Crippen LogP contribution in [0.1, 0.15) is 130 Å². The van der Waals surface area contributed by atoms with Crippen LogP contribution < -0.4 is 40.7 Å². The second-order valence-electron chi connectivity index (χ2n) is 25.4. The minimum atomic E-state index is -0.585. The molecule has 11 rings (SSSR count). The van der Waals surface area contributed by atoms with Crippen LogP contribution in [-0.4, -0.2) is 164 Å². The Bertz CT molecular complexity index is 3000. The number of ether oxygens (including phenoxy) is 2. The molecular formula is C62H82F2N12O7S. The van der Waals surface area contributed by atoms with Crippen molar-refractivity contribution in [3.05, 3.63) is 87.6 Å². The zero-order valence-electron chi connectivity index (χ0n) is 48.9. The molecule has 0 radical (unpaired) electrons. The van der Waals surface area contributed by atoms with Crippen molar-refractivity contribution >= 4 is 58.1 Å². The number of carbonyl (C=O) groups excluding carboxylic acids is 5. The molecule has 1 unspecified atom stereocenters. The third kappa shape index (κ3) is 14.0. The predicted molar refractivity (Wildman–Crippen MR) is 316 cm³/mol. The van der Waals surface area contributed by atoms with Gasteiger partial charge in [0.1, 0.15) is 65.3 Å². The average Bonchev–Trinajstić information content (AvgIpc) is 3.57. The molecule has 22 heteroatoms. The van der Waals surface area contributed by atoms with Gasteiger partial charge in [-0.25, -0.2) is 23.7 Å². The number of ketones is 1. The molecule has 84 heavy (non-hydrogen) atoms. The van der Waals surface area contributed by atoms with Gasteiger partial charge in [0.25, 0.3) is 0 Å². The molecule has 5 saturated heterocycles. The van der Waals surface area contributed by atoms with Crippen molar-refractivity contribution in [2.24, 2.45) is 23.2 Å². The molecular weight excluding hydrogens is 1090 g/mol. The van der Waals surface area contributed by atoms with Crippen LogP contribution in [0.3, 0.4) is 0 Å². The summed E-state index contributed by atoms with van der Waals surface area (Å²) in [7, 11) is 1.71. The Hall–Kier alpha value is -6.36. The van der Waals surface area contributed by atoms with Crippen molar-refractivity contribution in [1.82, 2.24) is 46.0 Å². The fraction of sp³-hybridized carbons (Fsp3) is 0.613. The van der Waals surface area contributed by atoms with Crippen LogP contribution in [0.25, 0.3) is 0 Å². The number of aromatic nitrogens is 3. The topological polar surface area (TPSA) is 207 Å². The number of likely N-dealkylation sites (N-methyl/N-ethyl adjacent to an activating group) is 1. The largest absolute Gasteiger partial charge is 0.492 e. The lowest BCUT2D eigenvalue weighted by molar-refractivity contribution is -0.139. The van der Waals surface area contributed by atoms with Gasteiger partial charge >= 0.3 is 0 Å². The summed E-state index contributed by atoms with van der Waals surface area (Å²) in [5.41, 5.74) is 0.869. The molecule has 5 atom stereocenters. The number of halogens is 2. The Morgan fingerprint density at radius 3 is 2.35 bits per heavy atom. The van der Waals surface area contributed by atoms with Gasteiger partial charge in [0.15, 0.2) is 0 Å². The number of amides is 4. The van der Waals surface area contributed by atoms with Gasteiger partial charge in [-0.1, -0.05) is 45.2 Å². The summed E-state index contributed by atoms with van der Waals surface area (Å²) in [5.74, 6) is 1.15. The second kappa shape index (κ2) is 26.1. The quantitative estimate of drug-likeness (QED) is 0.0557. The number of carbonyl (C=O) groups is 5. The van der Waals surface area contributed by atoms with E-state index in [9.17, 15) is 24.0 Å². The van der Waals surface area contributed by atoms with E-state index in [1.807, 2.05) is 11.0 Å². The highest BCUT2D eigenvalue weighted by Gasteiger charge is 2.45. The number of piperazine rings is 1. The summed E-state index contributed by atoms with van der Waals surface area (Å²) in [6.07, 6.45) is 13.1. The Balaban J connectivity index is 0.594. The number of fused-ring (bicyclic) bond motifs is 1. The van der Waals surface area contributed by atoms with E-state index in [2.05, 4.69) is 59.8 Å². The Morgan fingerprint density at radius 2 is 1.60 bits per heavy atom. The number of hydrogen-bond acceptors (Lipinski definition) is 16. The predicted octanol–water partition coefficient (Wildman–Crippen LogP) is 6.41. The van der Waals surface area contributed by atoms with Gasteiger partial charge in [-0.2, -0.15) is 0 Å². The zero-order valence-corrected chi connectivity index (χ0v) is 49.7. The number of piperidine rings is 2. The first-order chi connectivity index (χ1) is 40.6. The summed E-state index contributed by atoms with van der Waals surface area (Å²) in [6, 6.07) is 10.7. The van der Waals surface area contributed by atoms with E-state index in [1.54, 1.807) is 47.9 Å². The van der Waals surface area contributed by atoms with Crippen molar-refractivity contribution < 1.29 is 42.2 Å². The number of thiazole rings is 1. The van der Waals surface area contributed by atoms with Crippen LogP contribution in [-0.2, 0) is 30.5 Å². The normalized spacial score (nSPS) is 23.8. The number of anilines is 3. The Kier molecular flexibility index (Phi) is 18.4. The standard InChI is InChI=1S/C62H82F2N12O7S/c1-61(2)14-20-72(21-15-61)32-44-28-48(64)51(29-47(44)63)75-35-55(78)71-62(38-75)16-22-73(23-17-62)52-30-53(68-39-67-52)74-33-42-26-46(27-43(42)34-74)83-36-56(79)66-18-24-82-45-12-7-11-41(25-45)58(80)49-37-84-59(69-49)50-13-8-19-76(50)60(81)57(70-54(77)31-65-3)40-9-5-4-6-10-40/h7,11-12,25,28-30,37,39-40,42-43,46,50,57,65H,4-6,8-10,13-24,26-27,31-36,38H2,1-3H3,(H,66,79)(H,70,77)(H,71,78)/t42-,43+,46?,50-,57-/m0/s1. The number of nitrogens with zero attached hydrogens (tertiary/aromatic N) is 8. The Labute approximate surface area is 495 Å². The van der Waals surface area contributed by atoms with Gasteiger partial charge in [-0.3, -0.25) is 28.9 Å². The summed E-state index contributed by atoms with van der Waals surface area (Å²) in [5, 5.41) is 14.5. The number of rotatable bonds is 20. The molecule has 2 aromatic heterocycles. The maximum Gasteiger partial charge on any atom is 0.246 e. The first-order valence-corrected chi connectivity index (χ1v) is 31.4. The first kappa shape index (κ1) is 59.4. The van der Waals surface area contributed by atoms with Crippen LogP contribution in [0.5, 0.6) is 5.75 Å². The Morgan fingerprint density at radius 1 is 0.845 bits per heavy atom. The third-order valence-corrected chi connectivity index (χ3v) is 19.8. The third-order valence-electron chi connectivity index (χ3n) is 18.9. The van der Waals surface area contributed by atoms with Gasteiger partial charge in [-0.05, 0) is 126 Å². The zero-order chi connectivity index (χ0) is 58.5. The van der Waals surface area contributed by atoms with Crippen LogP contribution in [0.15, 0.2) is 54.2 Å². The molecule has 1 spiro atoms. The highest BCUT2D eigenvalue weighted by Crippen LogP contribution is 2.42. The van der Waals surface area contributed by atoms with Gasteiger partial charge in [0, 0.05) is 74.5 Å². The first-order valence-electron chi connectivity index (χ1n) is 30.5. The lowest BCUT2D eigenvalue weighted by Crippen LogP contribution is -2.66. The molecule has 19 nitrogen and oxygen atoms in total. The van der Waals surface area contributed by atoms with E-state index in [1.165, 1.54) is 23.5 Å². The van der Waals surface area contributed by atoms with Crippen LogP contribution >= 0.6 is 11.3 Å². The molecule has 4 N–H and O–H groups in total. The summed E-state index contributed by atoms with van der Waals surface area (Å²) < 4.78 is 43.5. The minimum absolute atomic E-state index is 0.0240. The summed E-state index contributed by atoms with van der Waals surface area (Å²) in [6.45, 7) is 10.9. The van der Waals surface area contributed by atoms with Crippen molar-refractivity contribution in [3.8, 4) is 5.75 Å². The van der Waals surface area contributed by atoms with E-state index in [0.29, 0.717) is 85.0 Å². The molecule has 7 aliphatic rings. The average molecular weight is 1180 g/mol. The monoisotopic (exact) mass is 1180 g/mol. The highest BCUT2D eigenvalue weighted by molar-refractivity contribution is 7.10. The molecule has 5 aliphatic heterocycles. The minimum Gasteiger partial charge on any atom is -0.492 e. The van der Waals surface area contributed by atoms with Gasteiger partial charge < -0.3 is 50.3 Å². The van der Waals surface area contributed by atoms with Gasteiger partial charge in [0.05, 0.1) is 43.0 Å². The number of likely N-dealkylation sites (tertiary alicyclic amines) is 2. The van der Waals surface area contributed by atoms with E-state index in [4.69, 9.17) is 14.5 Å². The molecule has 2 aliphatic carbocycles. The molecule has 452 valence electrons. The SMILES string of the molecule is CNCC(=O)N[C@H](C(=O)N1CCC[C@H]1c1nc(C(=O)c2cccc(OCCNC(=O)COC3C[C@@H]4CN(c5cc(N6CCC7(CC6)CN(c6cc(F)c(CN8CCC(C)(C)CC8)cc6F)CC(=O)N7)ncn5)C[C@@H]4C3)c2)cs1)C1CCCCC1. The summed E-state index contributed by atoms with van der Waals surface area (Å²) >= 11 is 1.37. The molecule has 2 aromatic carbocycles. The van der Waals surface area contributed by atoms with Crippen LogP contribution in [0.4, 0.5) is 26.1 Å². The number of nitrogens with one attached hydrogen (secondary N) is 4. The molecule has 7 fully saturated rings. The van der Waals surface area contributed by atoms with E-state index >= 15 is 8.78 Å². The summed E-state index contributed by atoms with van der Waals surface area (Å²) in [4.78, 5) is 91.0. The van der Waals surface area contributed by atoms with Crippen LogP contribution in [0, 0.1) is 34.8 Å². The van der Waals surface area contributed by atoms with Crippen molar-refractivity contribution in [3.63, 3.8) is 0 Å². The fourth-order valence-electron chi connectivity index (χ4n) is 14.1. The lowest BCUT2D eigenvalue weighted by atomic mass is 9.82. The molecule has 4 aromatic rings. The smallest absolute Gasteiger partial charge is 0.246 e.